The Balaban J connectivity index is 0. The molecule has 0 aromatic carbocycles. The molecule has 88 valence electrons. The van der Waals surface area contributed by atoms with Crippen LogP contribution in [0.2, 0.25) is 0 Å². The molecule has 0 rings (SSSR count). The van der Waals surface area contributed by atoms with E-state index in [2.05, 4.69) is 0 Å². The molecule has 0 radical (unpaired) electrons. The Morgan fingerprint density at radius 3 is 1.13 bits per heavy atom. The zero-order chi connectivity index (χ0) is 12.3. The molecule has 0 amide bonds. The summed E-state index contributed by atoms with van der Waals surface area (Å²) in [7, 11) is 0. The molecule has 0 aromatic heterocycles. The fourth-order valence-electron chi connectivity index (χ4n) is 0.552. The summed E-state index contributed by atoms with van der Waals surface area (Å²) in [5, 5.41) is 31.3. The third-order valence-electron chi connectivity index (χ3n) is 1.17. The van der Waals surface area contributed by atoms with Crippen LogP contribution in [0.25, 0.3) is 0 Å². The van der Waals surface area contributed by atoms with E-state index >= 15 is 0 Å². The van der Waals surface area contributed by atoms with Crippen LogP contribution in [0.15, 0.2) is 0 Å². The normalized spacial score (nSPS) is 8.60. The molecule has 7 nitrogen and oxygen atoms in total. The number of unbranched alkanes of at least 4 members (excludes halogenated alkanes) is 1. The first-order valence-electron chi connectivity index (χ1n) is 4.16. The van der Waals surface area contributed by atoms with E-state index in [1.807, 2.05) is 0 Å². The summed E-state index contributed by atoms with van der Waals surface area (Å²) < 4.78 is 0. The second kappa shape index (κ2) is 10.5. The number of carbonyl (C=O) groups is 3. The maximum atomic E-state index is 9.90. The average molecular weight is 222 g/mol. The van der Waals surface area contributed by atoms with Gasteiger partial charge < -0.3 is 20.4 Å². The van der Waals surface area contributed by atoms with Crippen LogP contribution in [-0.4, -0.2) is 44.9 Å². The standard InChI is InChI=1S/C6H10O4.C2H4O3/c7-5(8)3-1-2-4-6(9)10;3-1-2(4)5/h1-4H2,(H,7,8)(H,9,10);3H,1H2,(H,4,5). The number of aliphatic hydroxyl groups excluding tert-OH is 1. The van der Waals surface area contributed by atoms with E-state index in [1.54, 1.807) is 0 Å². The van der Waals surface area contributed by atoms with Gasteiger partial charge in [0.2, 0.25) is 0 Å². The van der Waals surface area contributed by atoms with Gasteiger partial charge in [-0.25, -0.2) is 4.79 Å². The molecule has 4 N–H and O–H groups in total. The van der Waals surface area contributed by atoms with Crippen molar-refractivity contribution in [2.24, 2.45) is 0 Å². The van der Waals surface area contributed by atoms with Crippen molar-refractivity contribution >= 4 is 17.9 Å². The summed E-state index contributed by atoms with van der Waals surface area (Å²) in [6.45, 7) is -0.778. The summed E-state index contributed by atoms with van der Waals surface area (Å²) in [4.78, 5) is 28.9. The average Bonchev–Trinajstić information content (AvgIpc) is 2.13. The van der Waals surface area contributed by atoms with Crippen molar-refractivity contribution in [1.29, 1.82) is 0 Å². The van der Waals surface area contributed by atoms with E-state index in [0.717, 1.165) is 0 Å². The van der Waals surface area contributed by atoms with Crippen LogP contribution in [0, 0.1) is 0 Å². The van der Waals surface area contributed by atoms with Crippen LogP contribution < -0.4 is 0 Å². The molecule has 0 saturated heterocycles. The van der Waals surface area contributed by atoms with Crippen LogP contribution in [0.5, 0.6) is 0 Å². The fourth-order valence-corrected chi connectivity index (χ4v) is 0.552. The van der Waals surface area contributed by atoms with Crippen molar-refractivity contribution in [3.05, 3.63) is 0 Å². The second-order valence-corrected chi connectivity index (χ2v) is 2.55. The monoisotopic (exact) mass is 222 g/mol. The molecule has 0 unspecified atom stereocenters. The molecule has 0 aliphatic rings. The lowest BCUT2D eigenvalue weighted by Gasteiger charge is -1.92. The van der Waals surface area contributed by atoms with Crippen molar-refractivity contribution in [3.8, 4) is 0 Å². The Kier molecular flexibility index (Phi) is 11.0. The van der Waals surface area contributed by atoms with Gasteiger partial charge >= 0.3 is 17.9 Å². The molecule has 7 heteroatoms. The van der Waals surface area contributed by atoms with Gasteiger partial charge in [-0.15, -0.1) is 0 Å². The highest BCUT2D eigenvalue weighted by Crippen LogP contribution is 1.98. The summed E-state index contributed by atoms with van der Waals surface area (Å²) in [6.07, 6.45) is 1.02. The summed E-state index contributed by atoms with van der Waals surface area (Å²) in [5.74, 6) is -2.93. The predicted octanol–water partition coefficient (Wildman–Crippen LogP) is -0.221. The van der Waals surface area contributed by atoms with Gasteiger partial charge in [0.05, 0.1) is 0 Å². The minimum atomic E-state index is -1.19. The molecule has 0 atom stereocenters. The lowest BCUT2D eigenvalue weighted by molar-refractivity contribution is -0.140. The molecule has 0 aliphatic carbocycles. The van der Waals surface area contributed by atoms with Gasteiger partial charge in [-0.2, -0.15) is 0 Å². The van der Waals surface area contributed by atoms with Gasteiger partial charge in [0.1, 0.15) is 6.61 Å². The minimum absolute atomic E-state index is 0.0628. The number of hydrogen-bond acceptors (Lipinski definition) is 4. The smallest absolute Gasteiger partial charge is 0.329 e. The molecule has 15 heavy (non-hydrogen) atoms. The van der Waals surface area contributed by atoms with Crippen molar-refractivity contribution in [3.63, 3.8) is 0 Å². The quantitative estimate of drug-likeness (QED) is 0.456. The van der Waals surface area contributed by atoms with Crippen LogP contribution in [0.1, 0.15) is 25.7 Å². The molecule has 0 spiro atoms. The summed E-state index contributed by atoms with van der Waals surface area (Å²) >= 11 is 0. The highest BCUT2D eigenvalue weighted by molar-refractivity contribution is 5.68. The lowest BCUT2D eigenvalue weighted by Crippen LogP contribution is -1.98. The number of carboxylic acids is 3. The van der Waals surface area contributed by atoms with E-state index in [0.29, 0.717) is 12.8 Å². The van der Waals surface area contributed by atoms with Crippen LogP contribution in [0.4, 0.5) is 0 Å². The molecule has 0 fully saturated rings. The third-order valence-corrected chi connectivity index (χ3v) is 1.17. The first-order valence-corrected chi connectivity index (χ1v) is 4.16. The highest BCUT2D eigenvalue weighted by Gasteiger charge is 1.99. The molecule has 0 heterocycles. The fraction of sp³-hybridized carbons (Fsp3) is 0.625. The van der Waals surface area contributed by atoms with Crippen molar-refractivity contribution in [2.45, 2.75) is 25.7 Å². The SMILES string of the molecule is O=C(O)CCCCC(=O)O.O=C(O)CO. The molecule has 0 saturated carbocycles. The number of rotatable bonds is 6. The van der Waals surface area contributed by atoms with Gasteiger partial charge in [0.25, 0.3) is 0 Å². The van der Waals surface area contributed by atoms with Crippen molar-refractivity contribution in [1.82, 2.24) is 0 Å². The lowest BCUT2D eigenvalue weighted by atomic mass is 10.2. The summed E-state index contributed by atoms with van der Waals surface area (Å²) in [6, 6.07) is 0. The van der Waals surface area contributed by atoms with Gasteiger partial charge in [0, 0.05) is 12.8 Å². The minimum Gasteiger partial charge on any atom is -0.481 e. The maximum absolute atomic E-state index is 9.90. The zero-order valence-electron chi connectivity index (χ0n) is 8.05. The topological polar surface area (TPSA) is 132 Å². The van der Waals surface area contributed by atoms with E-state index in [4.69, 9.17) is 25.2 Å². The largest absolute Gasteiger partial charge is 0.481 e. The van der Waals surface area contributed by atoms with Gasteiger partial charge in [-0.3, -0.25) is 9.59 Å². The van der Waals surface area contributed by atoms with Crippen molar-refractivity contribution in [2.75, 3.05) is 6.61 Å². The van der Waals surface area contributed by atoms with Crippen LogP contribution >= 0.6 is 0 Å². The van der Waals surface area contributed by atoms with E-state index in [-0.39, 0.29) is 12.8 Å². The molecular formula is C8H14O7. The number of hydrogen-bond donors (Lipinski definition) is 4. The second-order valence-electron chi connectivity index (χ2n) is 2.55. The Bertz CT molecular complexity index is 195. The maximum Gasteiger partial charge on any atom is 0.329 e. The van der Waals surface area contributed by atoms with Gasteiger partial charge in [0.15, 0.2) is 0 Å². The molecule has 0 bridgehead atoms. The molecule has 0 aromatic rings. The Hall–Kier alpha value is -1.63. The van der Waals surface area contributed by atoms with Crippen molar-refractivity contribution < 1.29 is 34.8 Å². The van der Waals surface area contributed by atoms with Crippen LogP contribution in [0.3, 0.4) is 0 Å². The van der Waals surface area contributed by atoms with Gasteiger partial charge in [-0.05, 0) is 12.8 Å². The zero-order valence-corrected chi connectivity index (χ0v) is 8.05. The van der Waals surface area contributed by atoms with Crippen LogP contribution in [-0.2, 0) is 14.4 Å². The predicted molar refractivity (Wildman–Crippen MR) is 48.5 cm³/mol. The first kappa shape index (κ1) is 15.8. The van der Waals surface area contributed by atoms with Gasteiger partial charge in [-0.1, -0.05) is 0 Å². The Morgan fingerprint density at radius 1 is 0.733 bits per heavy atom. The first-order chi connectivity index (χ1) is 6.90. The number of carboxylic acid groups (broad SMARTS) is 3. The van der Waals surface area contributed by atoms with E-state index < -0.39 is 24.5 Å². The number of aliphatic hydroxyl groups is 1. The van der Waals surface area contributed by atoms with E-state index in [9.17, 15) is 9.59 Å². The Labute approximate surface area is 86.0 Å². The number of aliphatic carboxylic acids is 3. The highest BCUT2D eigenvalue weighted by atomic mass is 16.4. The molecule has 0 aliphatic heterocycles. The Morgan fingerprint density at radius 2 is 1.00 bits per heavy atom. The van der Waals surface area contributed by atoms with E-state index in [1.165, 1.54) is 0 Å². The third kappa shape index (κ3) is 24.5. The molecular weight excluding hydrogens is 208 g/mol. The summed E-state index contributed by atoms with van der Waals surface area (Å²) in [5.41, 5.74) is 0.